The van der Waals surface area contributed by atoms with E-state index in [1.54, 1.807) is 0 Å². The first-order valence-corrected chi connectivity index (χ1v) is 9.18. The number of urea groups is 1. The van der Waals surface area contributed by atoms with Crippen LogP contribution in [0.2, 0.25) is 0 Å². The van der Waals surface area contributed by atoms with Gasteiger partial charge in [0.15, 0.2) is 0 Å². The van der Waals surface area contributed by atoms with Crippen LogP contribution in [0.5, 0.6) is 0 Å². The van der Waals surface area contributed by atoms with Crippen molar-refractivity contribution in [3.63, 3.8) is 0 Å². The molecule has 0 aromatic rings. The molecule has 5 N–H and O–H groups in total. The van der Waals surface area contributed by atoms with E-state index in [0.717, 1.165) is 25.7 Å². The molecule has 0 aliphatic heterocycles. The summed E-state index contributed by atoms with van der Waals surface area (Å²) in [7, 11) is 0. The topological polar surface area (TPSA) is 96.2 Å². The minimum absolute atomic E-state index is 0. The molecule has 6 nitrogen and oxygen atoms in total. The lowest BCUT2D eigenvalue weighted by Crippen LogP contribution is -2.62. The van der Waals surface area contributed by atoms with E-state index in [2.05, 4.69) is 16.0 Å². The number of hydrogen-bond acceptors (Lipinski definition) is 3. The van der Waals surface area contributed by atoms with Crippen LogP contribution >= 0.6 is 12.4 Å². The maximum atomic E-state index is 12.9. The summed E-state index contributed by atoms with van der Waals surface area (Å²) in [5.41, 5.74) is 5.17. The summed E-state index contributed by atoms with van der Waals surface area (Å²) in [6, 6.07) is -0.233. The van der Waals surface area contributed by atoms with Crippen molar-refractivity contribution in [1.82, 2.24) is 16.0 Å². The quantitative estimate of drug-likeness (QED) is 0.583. The number of nitrogens with one attached hydrogen (secondary N) is 3. The molecule has 7 heteroatoms. The van der Waals surface area contributed by atoms with Crippen molar-refractivity contribution in [3.8, 4) is 0 Å². The van der Waals surface area contributed by atoms with Crippen LogP contribution in [-0.4, -0.2) is 36.6 Å². The average Bonchev–Trinajstić information content (AvgIpc) is 3.03. The Bertz CT molecular complexity index is 407. The van der Waals surface area contributed by atoms with Crippen molar-refractivity contribution in [2.75, 3.05) is 13.1 Å². The number of carbonyl (C=O) groups excluding carboxylic acids is 2. The van der Waals surface area contributed by atoms with Gasteiger partial charge in [-0.25, -0.2) is 4.79 Å². The van der Waals surface area contributed by atoms with E-state index in [9.17, 15) is 9.59 Å². The molecule has 0 aromatic carbocycles. The number of nitrogens with two attached hydrogens (primary N) is 1. The molecule has 2 aliphatic rings. The minimum Gasteiger partial charge on any atom is -0.350 e. The maximum absolute atomic E-state index is 12.9. The number of halogens is 1. The number of rotatable bonds is 6. The monoisotopic (exact) mass is 360 g/mol. The fourth-order valence-electron chi connectivity index (χ4n) is 4.02. The molecule has 24 heavy (non-hydrogen) atoms. The van der Waals surface area contributed by atoms with Crippen LogP contribution in [0, 0.1) is 5.92 Å². The highest BCUT2D eigenvalue weighted by Gasteiger charge is 2.43. The van der Waals surface area contributed by atoms with Crippen LogP contribution < -0.4 is 21.7 Å². The molecule has 0 bridgehead atoms. The van der Waals surface area contributed by atoms with Crippen LogP contribution in [0.15, 0.2) is 0 Å². The zero-order valence-corrected chi connectivity index (χ0v) is 15.6. The second-order valence-electron chi connectivity index (χ2n) is 6.99. The molecule has 1 atom stereocenters. The average molecular weight is 361 g/mol. The molecular formula is C17H33ClN4O2. The standard InChI is InChI=1S/C17H32N4O2.ClH/c1-2-19-16(23)21-17(10-6-7-11-17)15(22)20-14(12-18)13-8-4-3-5-9-13;/h13-14H,2-12,18H2,1H3,(H,20,22)(H2,19,21,23);1H. The number of carbonyl (C=O) groups is 2. The van der Waals surface area contributed by atoms with Crippen molar-refractivity contribution in [3.05, 3.63) is 0 Å². The van der Waals surface area contributed by atoms with Gasteiger partial charge >= 0.3 is 6.03 Å². The van der Waals surface area contributed by atoms with Gasteiger partial charge in [0, 0.05) is 19.1 Å². The van der Waals surface area contributed by atoms with Gasteiger partial charge in [0.25, 0.3) is 0 Å². The van der Waals surface area contributed by atoms with Crippen molar-refractivity contribution in [1.29, 1.82) is 0 Å². The number of amides is 3. The van der Waals surface area contributed by atoms with Crippen LogP contribution in [0.4, 0.5) is 4.79 Å². The second-order valence-corrected chi connectivity index (χ2v) is 6.99. The summed E-state index contributed by atoms with van der Waals surface area (Å²) in [5.74, 6) is 0.419. The summed E-state index contributed by atoms with van der Waals surface area (Å²) >= 11 is 0. The summed E-state index contributed by atoms with van der Waals surface area (Å²) in [5, 5.41) is 8.81. The summed E-state index contributed by atoms with van der Waals surface area (Å²) < 4.78 is 0. The predicted molar refractivity (Wildman–Crippen MR) is 98.2 cm³/mol. The normalized spacial score (nSPS) is 21.4. The lowest BCUT2D eigenvalue weighted by atomic mass is 9.83. The first-order valence-electron chi connectivity index (χ1n) is 9.18. The third kappa shape index (κ3) is 5.24. The van der Waals surface area contributed by atoms with Gasteiger partial charge in [-0.2, -0.15) is 0 Å². The van der Waals surface area contributed by atoms with Gasteiger partial charge in [-0.15, -0.1) is 12.4 Å². The Balaban J connectivity index is 0.00000288. The summed E-state index contributed by atoms with van der Waals surface area (Å²) in [6.07, 6.45) is 9.35. The smallest absolute Gasteiger partial charge is 0.315 e. The maximum Gasteiger partial charge on any atom is 0.315 e. The Morgan fingerprint density at radius 2 is 1.75 bits per heavy atom. The van der Waals surface area contributed by atoms with Gasteiger partial charge < -0.3 is 21.7 Å². The molecule has 0 saturated heterocycles. The lowest BCUT2D eigenvalue weighted by Gasteiger charge is -2.35. The van der Waals surface area contributed by atoms with Crippen LogP contribution in [0.3, 0.4) is 0 Å². The SMILES string of the molecule is CCNC(=O)NC1(C(=O)NC(CN)C2CCCCC2)CCCC1.Cl. The zero-order chi connectivity index (χ0) is 16.7. The highest BCUT2D eigenvalue weighted by Crippen LogP contribution is 2.31. The molecule has 0 aromatic heterocycles. The minimum atomic E-state index is -0.763. The van der Waals surface area contributed by atoms with Crippen LogP contribution in [-0.2, 0) is 4.79 Å². The summed E-state index contributed by atoms with van der Waals surface area (Å²) in [6.45, 7) is 2.89. The van der Waals surface area contributed by atoms with E-state index in [-0.39, 0.29) is 30.4 Å². The van der Waals surface area contributed by atoms with E-state index in [1.165, 1.54) is 19.3 Å². The van der Waals surface area contributed by atoms with Gasteiger partial charge in [0.05, 0.1) is 0 Å². The van der Waals surface area contributed by atoms with Gasteiger partial charge in [-0.1, -0.05) is 32.1 Å². The molecule has 2 saturated carbocycles. The van der Waals surface area contributed by atoms with Gasteiger partial charge in [-0.05, 0) is 38.5 Å². The Hall–Kier alpha value is -1.01. The molecular weight excluding hydrogens is 328 g/mol. The zero-order valence-electron chi connectivity index (χ0n) is 14.7. The van der Waals surface area contributed by atoms with E-state index < -0.39 is 5.54 Å². The highest BCUT2D eigenvalue weighted by molar-refractivity contribution is 5.91. The molecule has 2 fully saturated rings. The Morgan fingerprint density at radius 1 is 1.12 bits per heavy atom. The Morgan fingerprint density at radius 3 is 2.29 bits per heavy atom. The molecule has 140 valence electrons. The Kier molecular flexibility index (Phi) is 8.84. The largest absolute Gasteiger partial charge is 0.350 e. The van der Waals surface area contributed by atoms with Gasteiger partial charge in [0.2, 0.25) is 5.91 Å². The van der Waals surface area contributed by atoms with E-state index in [1.807, 2.05) is 6.92 Å². The first kappa shape index (κ1) is 21.0. The van der Waals surface area contributed by atoms with Crippen molar-refractivity contribution < 1.29 is 9.59 Å². The molecule has 0 radical (unpaired) electrons. The molecule has 2 rings (SSSR count). The van der Waals surface area contributed by atoms with Gasteiger partial charge in [-0.3, -0.25) is 4.79 Å². The van der Waals surface area contributed by atoms with E-state index in [0.29, 0.717) is 31.8 Å². The first-order chi connectivity index (χ1) is 11.1. The summed E-state index contributed by atoms with van der Waals surface area (Å²) in [4.78, 5) is 24.8. The highest BCUT2D eigenvalue weighted by atomic mass is 35.5. The predicted octanol–water partition coefficient (Wildman–Crippen LogP) is 2.06. The fraction of sp³-hybridized carbons (Fsp3) is 0.882. The molecule has 0 heterocycles. The third-order valence-corrected chi connectivity index (χ3v) is 5.37. The molecule has 2 aliphatic carbocycles. The van der Waals surface area contributed by atoms with E-state index >= 15 is 0 Å². The number of hydrogen-bond donors (Lipinski definition) is 4. The third-order valence-electron chi connectivity index (χ3n) is 5.37. The molecule has 1 unspecified atom stereocenters. The second kappa shape index (κ2) is 10.1. The Labute approximate surface area is 151 Å². The van der Waals surface area contributed by atoms with Gasteiger partial charge in [0.1, 0.15) is 5.54 Å². The van der Waals surface area contributed by atoms with Crippen molar-refractivity contribution in [2.24, 2.45) is 11.7 Å². The van der Waals surface area contributed by atoms with Crippen molar-refractivity contribution in [2.45, 2.75) is 76.3 Å². The molecule has 0 spiro atoms. The fourth-order valence-corrected chi connectivity index (χ4v) is 4.02. The van der Waals surface area contributed by atoms with Crippen molar-refractivity contribution >= 4 is 24.3 Å². The van der Waals surface area contributed by atoms with E-state index in [4.69, 9.17) is 5.73 Å². The van der Waals surface area contributed by atoms with Crippen LogP contribution in [0.1, 0.15) is 64.7 Å². The molecule has 3 amide bonds. The lowest BCUT2D eigenvalue weighted by molar-refractivity contribution is -0.128. The van der Waals surface area contributed by atoms with Crippen LogP contribution in [0.25, 0.3) is 0 Å².